The van der Waals surface area contributed by atoms with Crippen LogP contribution in [0.2, 0.25) is 0 Å². The van der Waals surface area contributed by atoms with Gasteiger partial charge in [0.05, 0.1) is 19.2 Å². The topological polar surface area (TPSA) is 68.5 Å². The van der Waals surface area contributed by atoms with Gasteiger partial charge in [-0.25, -0.2) is 4.98 Å². The van der Waals surface area contributed by atoms with Crippen molar-refractivity contribution in [2.75, 3.05) is 11.9 Å². The molecule has 0 saturated carbocycles. The molecule has 6 heteroatoms. The van der Waals surface area contributed by atoms with E-state index in [9.17, 15) is 4.79 Å². The smallest absolute Gasteiger partial charge is 0.228 e. The molecule has 1 aromatic carbocycles. The van der Waals surface area contributed by atoms with Gasteiger partial charge in [0, 0.05) is 12.3 Å². The van der Waals surface area contributed by atoms with E-state index in [4.69, 9.17) is 4.74 Å². The molecule has 0 fully saturated rings. The van der Waals surface area contributed by atoms with Crippen molar-refractivity contribution >= 4 is 17.4 Å². The number of aromatic nitrogens is 3. The van der Waals surface area contributed by atoms with Crippen molar-refractivity contribution in [3.8, 4) is 5.75 Å². The minimum absolute atomic E-state index is 0.131. The van der Waals surface area contributed by atoms with Crippen LogP contribution < -0.4 is 10.1 Å². The van der Waals surface area contributed by atoms with E-state index in [0.29, 0.717) is 18.1 Å². The summed E-state index contributed by atoms with van der Waals surface area (Å²) in [5.74, 6) is 1.22. The van der Waals surface area contributed by atoms with E-state index in [1.54, 1.807) is 29.0 Å². The Morgan fingerprint density at radius 3 is 2.86 bits per heavy atom. The molecule has 2 aromatic heterocycles. The van der Waals surface area contributed by atoms with Gasteiger partial charge in [0.25, 0.3) is 0 Å². The van der Waals surface area contributed by atoms with E-state index in [1.165, 1.54) is 0 Å². The lowest BCUT2D eigenvalue weighted by Crippen LogP contribution is -2.17. The molecular formula is C15H14N4O2. The van der Waals surface area contributed by atoms with E-state index < -0.39 is 0 Å². The summed E-state index contributed by atoms with van der Waals surface area (Å²) in [5, 5.41) is 6.91. The summed E-state index contributed by atoms with van der Waals surface area (Å²) in [6.45, 7) is 0.323. The maximum Gasteiger partial charge on any atom is 0.228 e. The lowest BCUT2D eigenvalue weighted by molar-refractivity contribution is -0.116. The molecule has 0 aliphatic carbocycles. The number of carbonyl (C=O) groups excluding carboxylic acids is 1. The summed E-state index contributed by atoms with van der Waals surface area (Å²) in [6, 6.07) is 12.9. The monoisotopic (exact) mass is 282 g/mol. The van der Waals surface area contributed by atoms with Gasteiger partial charge >= 0.3 is 0 Å². The Labute approximate surface area is 121 Å². The van der Waals surface area contributed by atoms with Crippen LogP contribution in [0.3, 0.4) is 0 Å². The first kappa shape index (κ1) is 13.1. The summed E-state index contributed by atoms with van der Waals surface area (Å²) >= 11 is 0. The Morgan fingerprint density at radius 2 is 2.00 bits per heavy atom. The molecule has 0 spiro atoms. The molecule has 0 aliphatic rings. The van der Waals surface area contributed by atoms with E-state index in [-0.39, 0.29) is 12.3 Å². The number of hydrogen-bond donors (Lipinski definition) is 1. The van der Waals surface area contributed by atoms with Crippen LogP contribution >= 0.6 is 0 Å². The largest absolute Gasteiger partial charge is 0.493 e. The molecule has 21 heavy (non-hydrogen) atoms. The highest BCUT2D eigenvalue weighted by Crippen LogP contribution is 2.10. The normalized spacial score (nSPS) is 10.5. The van der Waals surface area contributed by atoms with Crippen LogP contribution in [0.15, 0.2) is 54.9 Å². The van der Waals surface area contributed by atoms with Gasteiger partial charge in [0.15, 0.2) is 5.65 Å². The van der Waals surface area contributed by atoms with E-state index >= 15 is 0 Å². The molecule has 1 N–H and O–H groups in total. The molecule has 3 rings (SSSR count). The Morgan fingerprint density at radius 1 is 1.14 bits per heavy atom. The highest BCUT2D eigenvalue weighted by atomic mass is 16.5. The van der Waals surface area contributed by atoms with Gasteiger partial charge in [-0.1, -0.05) is 18.2 Å². The van der Waals surface area contributed by atoms with Crippen molar-refractivity contribution in [1.82, 2.24) is 14.6 Å². The summed E-state index contributed by atoms with van der Waals surface area (Å²) in [5.41, 5.74) is 0.688. The average Bonchev–Trinajstić information content (AvgIpc) is 2.98. The second-order valence-corrected chi connectivity index (χ2v) is 4.39. The summed E-state index contributed by atoms with van der Waals surface area (Å²) in [7, 11) is 0. The van der Waals surface area contributed by atoms with Crippen LogP contribution in [0.1, 0.15) is 6.42 Å². The number of fused-ring (bicyclic) bond motifs is 1. The van der Waals surface area contributed by atoms with Crippen LogP contribution in [0.4, 0.5) is 5.82 Å². The minimum atomic E-state index is -0.131. The zero-order valence-electron chi connectivity index (χ0n) is 11.3. The fourth-order valence-corrected chi connectivity index (χ4v) is 1.91. The highest BCUT2D eigenvalue weighted by Gasteiger charge is 2.07. The van der Waals surface area contributed by atoms with Crippen molar-refractivity contribution in [2.45, 2.75) is 6.42 Å². The Kier molecular flexibility index (Phi) is 3.77. The number of anilines is 1. The number of nitrogens with one attached hydrogen (secondary N) is 1. The molecule has 2 heterocycles. The third kappa shape index (κ3) is 3.17. The van der Waals surface area contributed by atoms with Gasteiger partial charge in [0.2, 0.25) is 5.91 Å². The highest BCUT2D eigenvalue weighted by molar-refractivity contribution is 5.90. The third-order valence-electron chi connectivity index (χ3n) is 2.90. The summed E-state index contributed by atoms with van der Waals surface area (Å²) in [6.07, 6.45) is 3.53. The molecule has 0 radical (unpaired) electrons. The van der Waals surface area contributed by atoms with E-state index in [2.05, 4.69) is 15.4 Å². The number of ether oxygens (including phenoxy) is 1. The molecule has 3 aromatic rings. The molecule has 0 aliphatic heterocycles. The van der Waals surface area contributed by atoms with Crippen molar-refractivity contribution in [3.63, 3.8) is 0 Å². The first-order valence-corrected chi connectivity index (χ1v) is 6.59. The van der Waals surface area contributed by atoms with Crippen molar-refractivity contribution in [2.24, 2.45) is 0 Å². The Bertz CT molecular complexity index is 740. The average molecular weight is 282 g/mol. The molecule has 0 bridgehead atoms. The number of para-hydroxylation sites is 1. The molecule has 6 nitrogen and oxygen atoms in total. The molecule has 1 amide bonds. The predicted molar refractivity (Wildman–Crippen MR) is 78.2 cm³/mol. The molecule has 0 unspecified atom stereocenters. The summed E-state index contributed by atoms with van der Waals surface area (Å²) < 4.78 is 7.07. The minimum Gasteiger partial charge on any atom is -0.493 e. The SMILES string of the molecule is O=C(CCOc1ccccc1)Nc1ccnc2ccnn12. The van der Waals surface area contributed by atoms with E-state index in [0.717, 1.165) is 5.75 Å². The van der Waals surface area contributed by atoms with Crippen molar-refractivity contribution < 1.29 is 9.53 Å². The maximum atomic E-state index is 11.9. The van der Waals surface area contributed by atoms with Crippen LogP contribution in [0.25, 0.3) is 5.65 Å². The second kappa shape index (κ2) is 6.04. The Hall–Kier alpha value is -2.89. The number of amides is 1. The first-order valence-electron chi connectivity index (χ1n) is 6.59. The number of benzene rings is 1. The van der Waals surface area contributed by atoms with Crippen LogP contribution in [0.5, 0.6) is 5.75 Å². The van der Waals surface area contributed by atoms with Gasteiger partial charge in [0.1, 0.15) is 11.6 Å². The van der Waals surface area contributed by atoms with Crippen LogP contribution in [-0.4, -0.2) is 27.1 Å². The number of nitrogens with zero attached hydrogens (tertiary/aromatic N) is 3. The third-order valence-corrected chi connectivity index (χ3v) is 2.90. The number of carbonyl (C=O) groups is 1. The van der Waals surface area contributed by atoms with Crippen molar-refractivity contribution in [1.29, 1.82) is 0 Å². The number of rotatable bonds is 5. The molecule has 106 valence electrons. The zero-order chi connectivity index (χ0) is 14.5. The van der Waals surface area contributed by atoms with Gasteiger partial charge < -0.3 is 10.1 Å². The van der Waals surface area contributed by atoms with Gasteiger partial charge in [-0.15, -0.1) is 0 Å². The van der Waals surface area contributed by atoms with Crippen molar-refractivity contribution in [3.05, 3.63) is 54.9 Å². The first-order chi connectivity index (χ1) is 10.3. The summed E-state index contributed by atoms with van der Waals surface area (Å²) in [4.78, 5) is 16.1. The Balaban J connectivity index is 1.56. The fourth-order valence-electron chi connectivity index (χ4n) is 1.91. The lowest BCUT2D eigenvalue weighted by Gasteiger charge is -2.08. The quantitative estimate of drug-likeness (QED) is 0.778. The predicted octanol–water partition coefficient (Wildman–Crippen LogP) is 2.14. The van der Waals surface area contributed by atoms with Crippen LogP contribution in [0, 0.1) is 0 Å². The number of hydrogen-bond acceptors (Lipinski definition) is 4. The lowest BCUT2D eigenvalue weighted by atomic mass is 10.3. The van der Waals surface area contributed by atoms with E-state index in [1.807, 2.05) is 30.3 Å². The zero-order valence-corrected chi connectivity index (χ0v) is 11.3. The fraction of sp³-hybridized carbons (Fsp3) is 0.133. The molecular weight excluding hydrogens is 268 g/mol. The second-order valence-electron chi connectivity index (χ2n) is 4.39. The van der Waals surface area contributed by atoms with Gasteiger partial charge in [-0.05, 0) is 18.2 Å². The maximum absolute atomic E-state index is 11.9. The van der Waals surface area contributed by atoms with Gasteiger partial charge in [-0.3, -0.25) is 4.79 Å². The standard InChI is InChI=1S/C15H14N4O2/c20-15(8-11-21-12-4-2-1-3-5-12)18-14-6-9-16-13-7-10-17-19(13)14/h1-7,9-10H,8,11H2,(H,18,20). The van der Waals surface area contributed by atoms with Gasteiger partial charge in [-0.2, -0.15) is 9.61 Å². The van der Waals surface area contributed by atoms with Crippen LogP contribution in [-0.2, 0) is 4.79 Å². The molecule has 0 saturated heterocycles. The molecule has 0 atom stereocenters.